The highest BCUT2D eigenvalue weighted by molar-refractivity contribution is 7.18. The number of hydrogen-bond acceptors (Lipinski definition) is 3. The van der Waals surface area contributed by atoms with E-state index in [4.69, 9.17) is 14.2 Å². The minimum absolute atomic E-state index is 0. The first-order valence-corrected chi connectivity index (χ1v) is 8.02. The van der Waals surface area contributed by atoms with Crippen molar-refractivity contribution < 1.29 is 38.2 Å². The molecular formula is C19H18IO3P. The van der Waals surface area contributed by atoms with Crippen LogP contribution in [0.1, 0.15) is 0 Å². The lowest BCUT2D eigenvalue weighted by Gasteiger charge is -2.26. The molecule has 1 atom stereocenters. The van der Waals surface area contributed by atoms with Gasteiger partial charge >= 0.3 is 5.71 Å². The van der Waals surface area contributed by atoms with Crippen molar-refractivity contribution in [1.29, 1.82) is 0 Å². The van der Waals surface area contributed by atoms with E-state index in [-0.39, 0.29) is 24.0 Å². The van der Waals surface area contributed by atoms with Crippen LogP contribution in [-0.2, 0) is 0 Å². The Balaban J connectivity index is 0.00000208. The van der Waals surface area contributed by atoms with Crippen LogP contribution in [0.25, 0.3) is 0 Å². The Hall–Kier alpha value is -1.78. The van der Waals surface area contributed by atoms with Crippen LogP contribution >= 0.6 is 9.24 Å². The fourth-order valence-corrected chi connectivity index (χ4v) is 2.57. The summed E-state index contributed by atoms with van der Waals surface area (Å²) in [6.07, 6.45) is 0. The lowest BCUT2D eigenvalue weighted by Crippen LogP contribution is -3.00. The van der Waals surface area contributed by atoms with E-state index < -0.39 is 5.71 Å². The predicted octanol–water partition coefficient (Wildman–Crippen LogP) is 1.45. The summed E-state index contributed by atoms with van der Waals surface area (Å²) >= 11 is 0. The highest BCUT2D eigenvalue weighted by atomic mass is 127. The molecule has 0 saturated carbocycles. The monoisotopic (exact) mass is 452 g/mol. The van der Waals surface area contributed by atoms with Gasteiger partial charge in [-0.15, -0.1) is 0 Å². The average molecular weight is 452 g/mol. The van der Waals surface area contributed by atoms with E-state index in [2.05, 4.69) is 0 Å². The van der Waals surface area contributed by atoms with Crippen LogP contribution in [-0.4, -0.2) is 5.71 Å². The highest BCUT2D eigenvalue weighted by Crippen LogP contribution is 2.30. The Kier molecular flexibility index (Phi) is 6.88. The molecule has 0 aliphatic rings. The molecule has 0 aliphatic heterocycles. The predicted molar refractivity (Wildman–Crippen MR) is 95.0 cm³/mol. The second kappa shape index (κ2) is 8.90. The molecule has 3 aromatic rings. The molecule has 0 N–H and O–H groups in total. The second-order valence-electron chi connectivity index (χ2n) is 4.93. The van der Waals surface area contributed by atoms with Gasteiger partial charge < -0.3 is 38.2 Å². The lowest BCUT2D eigenvalue weighted by atomic mass is 10.3. The summed E-state index contributed by atoms with van der Waals surface area (Å²) in [6.45, 7) is 0. The van der Waals surface area contributed by atoms with Crippen LogP contribution in [0.3, 0.4) is 0 Å². The van der Waals surface area contributed by atoms with E-state index in [1.807, 2.05) is 91.0 Å². The van der Waals surface area contributed by atoms with Crippen molar-refractivity contribution in [2.75, 3.05) is 0 Å². The van der Waals surface area contributed by atoms with Crippen molar-refractivity contribution >= 4 is 9.24 Å². The number of rotatable bonds is 6. The Morgan fingerprint density at radius 1 is 0.500 bits per heavy atom. The number of hydrogen-bond donors (Lipinski definition) is 0. The summed E-state index contributed by atoms with van der Waals surface area (Å²) in [5, 5.41) is 0. The standard InChI is InChI=1S/C19H17O3P.HI/c23-19(20-16-10-4-1-5-11-16,21-17-12-6-2-7-13-17)22-18-14-8-3-9-15-18;/h1-15H,23H2;1H. The summed E-state index contributed by atoms with van der Waals surface area (Å²) in [7, 11) is 1.50. The molecule has 0 heterocycles. The third-order valence-electron chi connectivity index (χ3n) is 3.05. The smallest absolute Gasteiger partial charge is 0.528 e. The maximum absolute atomic E-state index is 5.98. The number of ether oxygens (including phenoxy) is 3. The fourth-order valence-electron chi connectivity index (χ4n) is 2.07. The lowest BCUT2D eigenvalue weighted by molar-refractivity contribution is -0.176. The molecule has 0 saturated heterocycles. The van der Waals surface area contributed by atoms with E-state index in [1.165, 1.54) is 9.24 Å². The van der Waals surface area contributed by atoms with Crippen molar-refractivity contribution in [3.63, 3.8) is 0 Å². The Morgan fingerprint density at radius 3 is 1.00 bits per heavy atom. The van der Waals surface area contributed by atoms with Gasteiger partial charge in [-0.05, 0) is 36.4 Å². The SMILES string of the molecule is [I-].[PH3+]C(Oc1ccccc1)(Oc1ccccc1)Oc1ccccc1. The Morgan fingerprint density at radius 2 is 0.750 bits per heavy atom. The maximum Gasteiger partial charge on any atom is 0.528 e. The van der Waals surface area contributed by atoms with Crippen LogP contribution in [0.15, 0.2) is 91.0 Å². The average Bonchev–Trinajstić information content (AvgIpc) is 2.57. The largest absolute Gasteiger partial charge is 1.00 e. The van der Waals surface area contributed by atoms with E-state index in [1.54, 1.807) is 0 Å². The van der Waals surface area contributed by atoms with E-state index in [0.717, 1.165) is 0 Å². The third-order valence-corrected chi connectivity index (χ3v) is 3.48. The fraction of sp³-hybridized carbons (Fsp3) is 0.0526. The highest BCUT2D eigenvalue weighted by Gasteiger charge is 2.38. The van der Waals surface area contributed by atoms with E-state index in [0.29, 0.717) is 17.2 Å². The molecule has 0 radical (unpaired) electrons. The summed E-state index contributed by atoms with van der Waals surface area (Å²) in [6, 6.07) is 28.4. The zero-order valence-electron chi connectivity index (χ0n) is 13.0. The van der Waals surface area contributed by atoms with Crippen molar-refractivity contribution in [1.82, 2.24) is 0 Å². The molecule has 1 unspecified atom stereocenters. The van der Waals surface area contributed by atoms with Crippen LogP contribution < -0.4 is 38.2 Å². The molecular weight excluding hydrogens is 434 g/mol. The van der Waals surface area contributed by atoms with Gasteiger partial charge in [-0.25, -0.2) is 0 Å². The zero-order valence-corrected chi connectivity index (χ0v) is 16.5. The van der Waals surface area contributed by atoms with Crippen molar-refractivity contribution in [2.45, 2.75) is 5.71 Å². The van der Waals surface area contributed by atoms with Crippen molar-refractivity contribution in [2.24, 2.45) is 0 Å². The minimum atomic E-state index is -1.26. The molecule has 0 amide bonds. The molecule has 3 aromatic carbocycles. The number of benzene rings is 3. The number of para-hydroxylation sites is 3. The van der Waals surface area contributed by atoms with E-state index in [9.17, 15) is 0 Å². The topological polar surface area (TPSA) is 27.7 Å². The molecule has 3 nitrogen and oxygen atoms in total. The molecule has 24 heavy (non-hydrogen) atoms. The third kappa shape index (κ3) is 5.39. The molecule has 124 valence electrons. The molecule has 0 bridgehead atoms. The minimum Gasteiger partial charge on any atom is -1.00 e. The zero-order chi connectivity index (χ0) is 16.0. The molecule has 0 fully saturated rings. The van der Waals surface area contributed by atoms with Crippen LogP contribution in [0.4, 0.5) is 0 Å². The normalized spacial score (nSPS) is 10.5. The summed E-state index contributed by atoms with van der Waals surface area (Å²) in [4.78, 5) is 0. The van der Waals surface area contributed by atoms with Gasteiger partial charge in [0.15, 0.2) is 0 Å². The summed E-state index contributed by atoms with van der Waals surface area (Å²) < 4.78 is 17.9. The maximum atomic E-state index is 5.98. The van der Waals surface area contributed by atoms with Gasteiger partial charge in [-0.3, -0.25) is 0 Å². The van der Waals surface area contributed by atoms with Crippen LogP contribution in [0.2, 0.25) is 0 Å². The Labute approximate surface area is 161 Å². The van der Waals surface area contributed by atoms with Crippen molar-refractivity contribution in [3.8, 4) is 17.2 Å². The summed E-state index contributed by atoms with van der Waals surface area (Å²) in [5.74, 6) is 2.03. The van der Waals surface area contributed by atoms with Gasteiger partial charge in [0.1, 0.15) is 26.5 Å². The van der Waals surface area contributed by atoms with Crippen molar-refractivity contribution in [3.05, 3.63) is 91.0 Å². The first-order chi connectivity index (χ1) is 11.2. The summed E-state index contributed by atoms with van der Waals surface area (Å²) in [5.41, 5.74) is -1.26. The number of halogens is 1. The Bertz CT molecular complexity index is 622. The van der Waals surface area contributed by atoms with Gasteiger partial charge in [0.05, 0.1) is 0 Å². The molecule has 5 heteroatoms. The van der Waals surface area contributed by atoms with Crippen LogP contribution in [0.5, 0.6) is 17.2 Å². The van der Waals surface area contributed by atoms with Gasteiger partial charge in [0.25, 0.3) is 0 Å². The van der Waals surface area contributed by atoms with Gasteiger partial charge in [0.2, 0.25) is 0 Å². The molecule has 0 aliphatic carbocycles. The molecule has 0 aromatic heterocycles. The van der Waals surface area contributed by atoms with Gasteiger partial charge in [-0.2, -0.15) is 0 Å². The van der Waals surface area contributed by atoms with Gasteiger partial charge in [-0.1, -0.05) is 54.6 Å². The second-order valence-corrected chi connectivity index (χ2v) is 5.79. The first kappa shape index (κ1) is 18.6. The first-order valence-electron chi connectivity index (χ1n) is 7.31. The van der Waals surface area contributed by atoms with Crippen LogP contribution in [0, 0.1) is 0 Å². The van der Waals surface area contributed by atoms with Gasteiger partial charge in [0, 0.05) is 0 Å². The van der Waals surface area contributed by atoms with E-state index >= 15 is 0 Å². The molecule has 3 rings (SSSR count). The molecule has 0 spiro atoms. The quantitative estimate of drug-likeness (QED) is 0.322.